The predicted octanol–water partition coefficient (Wildman–Crippen LogP) is 3.38. The van der Waals surface area contributed by atoms with Crippen LogP contribution in [0.25, 0.3) is 0 Å². The number of hydrogen-bond acceptors (Lipinski definition) is 2. The van der Waals surface area contributed by atoms with Gasteiger partial charge < -0.3 is 15.7 Å². The molecule has 0 unspecified atom stereocenters. The number of amides is 2. The van der Waals surface area contributed by atoms with Crippen LogP contribution >= 0.6 is 0 Å². The Morgan fingerprint density at radius 1 is 1.00 bits per heavy atom. The van der Waals surface area contributed by atoms with E-state index in [9.17, 15) is 9.90 Å². The second kappa shape index (κ2) is 6.02. The van der Waals surface area contributed by atoms with Crippen LogP contribution in [0, 0.1) is 0 Å². The van der Waals surface area contributed by atoms with Crippen molar-refractivity contribution in [3.8, 4) is 0 Å². The van der Waals surface area contributed by atoms with E-state index < -0.39 is 6.10 Å². The standard InChI is InChI=1S/C15H16N2O2/c1-11(18)12-6-5-9-14(10-12)17-15(19)16-13-7-3-2-4-8-13/h2-11,18H,1H3,(H2,16,17,19)/t11-/m0/s1. The molecule has 4 heteroatoms. The van der Waals surface area contributed by atoms with Crippen molar-refractivity contribution in [2.75, 3.05) is 10.6 Å². The fourth-order valence-corrected chi connectivity index (χ4v) is 1.69. The summed E-state index contributed by atoms with van der Waals surface area (Å²) in [5, 5.41) is 14.9. The number of carbonyl (C=O) groups is 1. The highest BCUT2D eigenvalue weighted by molar-refractivity contribution is 5.99. The van der Waals surface area contributed by atoms with Gasteiger partial charge in [-0.25, -0.2) is 4.79 Å². The van der Waals surface area contributed by atoms with E-state index in [2.05, 4.69) is 10.6 Å². The second-order valence-electron chi connectivity index (χ2n) is 4.25. The first-order valence-corrected chi connectivity index (χ1v) is 6.06. The van der Waals surface area contributed by atoms with E-state index in [1.807, 2.05) is 36.4 Å². The number of aliphatic hydroxyl groups is 1. The van der Waals surface area contributed by atoms with Crippen LogP contribution in [-0.2, 0) is 0 Å². The number of nitrogens with one attached hydrogen (secondary N) is 2. The molecule has 0 radical (unpaired) electrons. The third-order valence-corrected chi connectivity index (χ3v) is 2.66. The molecule has 2 rings (SSSR count). The van der Waals surface area contributed by atoms with Gasteiger partial charge in [-0.3, -0.25) is 0 Å². The molecule has 3 N–H and O–H groups in total. The lowest BCUT2D eigenvalue weighted by Crippen LogP contribution is -2.19. The van der Waals surface area contributed by atoms with Gasteiger partial charge in [-0.2, -0.15) is 0 Å². The Hall–Kier alpha value is -2.33. The highest BCUT2D eigenvalue weighted by atomic mass is 16.3. The first-order chi connectivity index (χ1) is 9.15. The number of urea groups is 1. The summed E-state index contributed by atoms with van der Waals surface area (Å²) in [4.78, 5) is 11.8. The molecular weight excluding hydrogens is 240 g/mol. The van der Waals surface area contributed by atoms with E-state index >= 15 is 0 Å². The van der Waals surface area contributed by atoms with Gasteiger partial charge in [-0.05, 0) is 36.8 Å². The summed E-state index contributed by atoms with van der Waals surface area (Å²) in [6.07, 6.45) is -0.557. The lowest BCUT2D eigenvalue weighted by atomic mass is 10.1. The van der Waals surface area contributed by atoms with E-state index in [0.29, 0.717) is 5.69 Å². The van der Waals surface area contributed by atoms with Crippen LogP contribution in [0.15, 0.2) is 54.6 Å². The van der Waals surface area contributed by atoms with Crippen LogP contribution < -0.4 is 10.6 Å². The van der Waals surface area contributed by atoms with Crippen LogP contribution in [0.5, 0.6) is 0 Å². The molecule has 0 aliphatic carbocycles. The maximum absolute atomic E-state index is 11.8. The molecular formula is C15H16N2O2. The zero-order valence-electron chi connectivity index (χ0n) is 10.6. The molecule has 2 amide bonds. The molecule has 2 aromatic carbocycles. The van der Waals surface area contributed by atoms with E-state index in [1.165, 1.54) is 0 Å². The summed E-state index contributed by atoms with van der Waals surface area (Å²) in [6, 6.07) is 16.0. The van der Waals surface area contributed by atoms with Gasteiger partial charge in [0.2, 0.25) is 0 Å². The molecule has 0 spiro atoms. The van der Waals surface area contributed by atoms with Crippen molar-refractivity contribution in [2.45, 2.75) is 13.0 Å². The third kappa shape index (κ3) is 3.82. The number of hydrogen-bond donors (Lipinski definition) is 3. The Kier molecular flexibility index (Phi) is 4.15. The van der Waals surface area contributed by atoms with Gasteiger partial charge in [0.05, 0.1) is 6.10 Å². The number of para-hydroxylation sites is 1. The molecule has 1 atom stereocenters. The maximum Gasteiger partial charge on any atom is 0.323 e. The van der Waals surface area contributed by atoms with Crippen molar-refractivity contribution < 1.29 is 9.90 Å². The lowest BCUT2D eigenvalue weighted by Gasteiger charge is -2.10. The molecule has 2 aromatic rings. The average molecular weight is 256 g/mol. The molecule has 0 saturated carbocycles. The Balaban J connectivity index is 2.01. The predicted molar refractivity (Wildman–Crippen MR) is 76.2 cm³/mol. The molecule has 0 saturated heterocycles. The van der Waals surface area contributed by atoms with Crippen LogP contribution in [-0.4, -0.2) is 11.1 Å². The molecule has 0 heterocycles. The topological polar surface area (TPSA) is 61.4 Å². The molecule has 0 bridgehead atoms. The highest BCUT2D eigenvalue weighted by Gasteiger charge is 2.05. The number of benzene rings is 2. The zero-order valence-corrected chi connectivity index (χ0v) is 10.6. The van der Waals surface area contributed by atoms with Gasteiger partial charge >= 0.3 is 6.03 Å². The Morgan fingerprint density at radius 2 is 1.63 bits per heavy atom. The first kappa shape index (κ1) is 13.1. The van der Waals surface area contributed by atoms with Gasteiger partial charge in [0.1, 0.15) is 0 Å². The van der Waals surface area contributed by atoms with Crippen LogP contribution in [0.2, 0.25) is 0 Å². The molecule has 0 fully saturated rings. The second-order valence-corrected chi connectivity index (χ2v) is 4.25. The number of anilines is 2. The first-order valence-electron chi connectivity index (χ1n) is 6.06. The summed E-state index contributed by atoms with van der Waals surface area (Å²) < 4.78 is 0. The molecule has 4 nitrogen and oxygen atoms in total. The van der Waals surface area contributed by atoms with Gasteiger partial charge in [-0.1, -0.05) is 30.3 Å². The summed E-state index contributed by atoms with van der Waals surface area (Å²) in [5.74, 6) is 0. The van der Waals surface area contributed by atoms with Crippen LogP contribution in [0.1, 0.15) is 18.6 Å². The van der Waals surface area contributed by atoms with Crippen molar-refractivity contribution >= 4 is 17.4 Å². The van der Waals surface area contributed by atoms with Crippen molar-refractivity contribution in [2.24, 2.45) is 0 Å². The Bertz CT molecular complexity index is 553. The van der Waals surface area contributed by atoms with Crippen molar-refractivity contribution in [3.05, 3.63) is 60.2 Å². The zero-order chi connectivity index (χ0) is 13.7. The largest absolute Gasteiger partial charge is 0.389 e. The normalized spacial score (nSPS) is 11.7. The molecule has 0 aliphatic rings. The minimum atomic E-state index is -0.557. The Morgan fingerprint density at radius 3 is 2.32 bits per heavy atom. The summed E-state index contributed by atoms with van der Waals surface area (Å²) in [5.41, 5.74) is 2.14. The van der Waals surface area contributed by atoms with E-state index in [1.54, 1.807) is 25.1 Å². The molecule has 0 aromatic heterocycles. The SMILES string of the molecule is C[C@H](O)c1cccc(NC(=O)Nc2ccccc2)c1. The van der Waals surface area contributed by atoms with E-state index in [4.69, 9.17) is 0 Å². The van der Waals surface area contributed by atoms with Crippen LogP contribution in [0.3, 0.4) is 0 Å². The minimum absolute atomic E-state index is 0.311. The number of aliphatic hydroxyl groups excluding tert-OH is 1. The summed E-state index contributed by atoms with van der Waals surface area (Å²) in [7, 11) is 0. The van der Waals surface area contributed by atoms with E-state index in [-0.39, 0.29) is 6.03 Å². The molecule has 19 heavy (non-hydrogen) atoms. The van der Waals surface area contributed by atoms with Gasteiger partial charge in [0.25, 0.3) is 0 Å². The number of rotatable bonds is 3. The average Bonchev–Trinajstić information content (AvgIpc) is 2.40. The smallest absolute Gasteiger partial charge is 0.323 e. The summed E-state index contributed by atoms with van der Waals surface area (Å²) in [6.45, 7) is 1.68. The van der Waals surface area contributed by atoms with Crippen molar-refractivity contribution in [1.29, 1.82) is 0 Å². The van der Waals surface area contributed by atoms with Gasteiger partial charge in [-0.15, -0.1) is 0 Å². The summed E-state index contributed by atoms with van der Waals surface area (Å²) >= 11 is 0. The minimum Gasteiger partial charge on any atom is -0.389 e. The van der Waals surface area contributed by atoms with Gasteiger partial charge in [0.15, 0.2) is 0 Å². The number of carbonyl (C=O) groups excluding carboxylic acids is 1. The quantitative estimate of drug-likeness (QED) is 0.788. The Labute approximate surface area is 112 Å². The monoisotopic (exact) mass is 256 g/mol. The fraction of sp³-hybridized carbons (Fsp3) is 0.133. The molecule has 0 aliphatic heterocycles. The van der Waals surface area contributed by atoms with E-state index in [0.717, 1.165) is 11.3 Å². The van der Waals surface area contributed by atoms with Crippen molar-refractivity contribution in [1.82, 2.24) is 0 Å². The van der Waals surface area contributed by atoms with Crippen molar-refractivity contribution in [3.63, 3.8) is 0 Å². The van der Waals surface area contributed by atoms with Crippen LogP contribution in [0.4, 0.5) is 16.2 Å². The lowest BCUT2D eigenvalue weighted by molar-refractivity contribution is 0.199. The third-order valence-electron chi connectivity index (χ3n) is 2.66. The fourth-order valence-electron chi connectivity index (χ4n) is 1.69. The molecule has 98 valence electrons. The maximum atomic E-state index is 11.8. The highest BCUT2D eigenvalue weighted by Crippen LogP contribution is 2.17. The van der Waals surface area contributed by atoms with Gasteiger partial charge in [0, 0.05) is 11.4 Å².